The topological polar surface area (TPSA) is 81.8 Å². The van der Waals surface area contributed by atoms with Crippen LogP contribution in [0.15, 0.2) is 23.0 Å². The zero-order chi connectivity index (χ0) is 21.3. The molecule has 2 aromatic heterocycles. The third kappa shape index (κ3) is 2.87. The van der Waals surface area contributed by atoms with Crippen molar-refractivity contribution < 1.29 is 4.79 Å². The molecule has 3 heterocycles. The first-order chi connectivity index (χ1) is 14.9. The molecule has 1 saturated heterocycles. The van der Waals surface area contributed by atoms with Crippen molar-refractivity contribution in [1.82, 2.24) is 19.9 Å². The first kappa shape index (κ1) is 18.8. The number of likely N-dealkylation sites (tertiary alicyclic amines) is 1. The number of aromatic nitrogens is 3. The number of hydrogen-bond donors (Lipinski definition) is 2. The molecule has 31 heavy (non-hydrogen) atoms. The molecule has 3 aliphatic rings. The van der Waals surface area contributed by atoms with Gasteiger partial charge < -0.3 is 14.9 Å². The highest BCUT2D eigenvalue weighted by atomic mass is 16.2. The maximum absolute atomic E-state index is 13.5. The number of carbonyl (C=O) groups excluding carboxylic acids is 1. The molecule has 0 radical (unpaired) electrons. The van der Waals surface area contributed by atoms with Gasteiger partial charge in [-0.2, -0.15) is 0 Å². The first-order valence-corrected chi connectivity index (χ1v) is 11.5. The van der Waals surface area contributed by atoms with Crippen LogP contribution in [-0.4, -0.2) is 38.8 Å². The molecule has 2 aliphatic carbocycles. The summed E-state index contributed by atoms with van der Waals surface area (Å²) in [6.07, 6.45) is 5.84. The van der Waals surface area contributed by atoms with Gasteiger partial charge in [-0.15, -0.1) is 0 Å². The predicted octanol–water partition coefficient (Wildman–Crippen LogP) is 3.87. The quantitative estimate of drug-likeness (QED) is 0.665. The number of nitrogens with one attached hydrogen (secondary N) is 2. The van der Waals surface area contributed by atoms with Crippen molar-refractivity contribution in [3.05, 3.63) is 62.5 Å². The number of rotatable bonds is 2. The predicted molar refractivity (Wildman–Crippen MR) is 120 cm³/mol. The molecule has 1 aliphatic heterocycles. The van der Waals surface area contributed by atoms with E-state index in [9.17, 15) is 9.59 Å². The van der Waals surface area contributed by atoms with E-state index in [1.54, 1.807) is 0 Å². The van der Waals surface area contributed by atoms with Crippen LogP contribution in [-0.2, 0) is 11.8 Å². The lowest BCUT2D eigenvalue weighted by Gasteiger charge is -2.40. The van der Waals surface area contributed by atoms with E-state index in [0.29, 0.717) is 12.5 Å². The van der Waals surface area contributed by atoms with Gasteiger partial charge in [0, 0.05) is 52.1 Å². The number of aromatic amines is 2. The van der Waals surface area contributed by atoms with Gasteiger partial charge in [0.15, 0.2) is 0 Å². The van der Waals surface area contributed by atoms with Crippen LogP contribution in [0.2, 0.25) is 0 Å². The van der Waals surface area contributed by atoms with Gasteiger partial charge >= 0.3 is 0 Å². The number of hydrogen-bond acceptors (Lipinski definition) is 3. The third-order valence-corrected chi connectivity index (χ3v) is 7.77. The lowest BCUT2D eigenvalue weighted by atomic mass is 9.77. The molecule has 3 aromatic rings. The number of nitrogens with zero attached hydrogens (tertiary/aromatic N) is 2. The Morgan fingerprint density at radius 3 is 2.84 bits per heavy atom. The van der Waals surface area contributed by atoms with E-state index in [1.807, 2.05) is 23.1 Å². The van der Waals surface area contributed by atoms with E-state index in [4.69, 9.17) is 4.98 Å². The van der Waals surface area contributed by atoms with Crippen molar-refractivity contribution in [3.8, 4) is 0 Å². The highest BCUT2D eigenvalue weighted by Crippen LogP contribution is 2.45. The summed E-state index contributed by atoms with van der Waals surface area (Å²) in [5.41, 5.74) is 5.83. The van der Waals surface area contributed by atoms with E-state index in [2.05, 4.69) is 23.8 Å². The summed E-state index contributed by atoms with van der Waals surface area (Å²) in [7, 11) is 0. The molecule has 6 nitrogen and oxygen atoms in total. The van der Waals surface area contributed by atoms with Gasteiger partial charge in [-0.1, -0.05) is 0 Å². The van der Waals surface area contributed by atoms with Crippen molar-refractivity contribution in [2.24, 2.45) is 0 Å². The molecule has 1 spiro atoms. The zero-order valence-electron chi connectivity index (χ0n) is 18.2. The van der Waals surface area contributed by atoms with Gasteiger partial charge in [0.25, 0.3) is 11.5 Å². The van der Waals surface area contributed by atoms with Gasteiger partial charge in [-0.05, 0) is 76.1 Å². The fourth-order valence-corrected chi connectivity index (χ4v) is 5.70. The summed E-state index contributed by atoms with van der Waals surface area (Å²) in [6.45, 7) is 5.57. The van der Waals surface area contributed by atoms with Crippen LogP contribution >= 0.6 is 0 Å². The summed E-state index contributed by atoms with van der Waals surface area (Å²) in [5.74, 6) is 1.36. The molecule has 2 N–H and O–H groups in total. The van der Waals surface area contributed by atoms with E-state index in [0.717, 1.165) is 84.3 Å². The SMILES string of the molecule is Cc1[nH]c2ccc(C(=O)N3CCCC4(CCc5c4nc(C4CC4)[nH]c5=O)C3)cc2c1C. The van der Waals surface area contributed by atoms with Gasteiger partial charge in [0.2, 0.25) is 0 Å². The van der Waals surface area contributed by atoms with Crippen molar-refractivity contribution >= 4 is 16.8 Å². The maximum atomic E-state index is 13.5. The Labute approximate surface area is 181 Å². The highest BCUT2D eigenvalue weighted by molar-refractivity contribution is 5.99. The van der Waals surface area contributed by atoms with Gasteiger partial charge in [-0.3, -0.25) is 9.59 Å². The molecule has 6 rings (SSSR count). The molecule has 1 saturated carbocycles. The number of fused-ring (bicyclic) bond motifs is 3. The number of benzene rings is 1. The van der Waals surface area contributed by atoms with Gasteiger partial charge in [-0.25, -0.2) is 4.98 Å². The normalized spacial score (nSPS) is 23.0. The van der Waals surface area contributed by atoms with E-state index < -0.39 is 0 Å². The minimum Gasteiger partial charge on any atom is -0.358 e. The molecule has 0 bridgehead atoms. The Morgan fingerprint density at radius 1 is 1.19 bits per heavy atom. The maximum Gasteiger partial charge on any atom is 0.254 e. The third-order valence-electron chi connectivity index (χ3n) is 7.77. The molecule has 1 aromatic carbocycles. The largest absolute Gasteiger partial charge is 0.358 e. The monoisotopic (exact) mass is 416 g/mol. The Morgan fingerprint density at radius 2 is 2.03 bits per heavy atom. The Kier molecular flexibility index (Phi) is 3.98. The minimum atomic E-state index is -0.175. The van der Waals surface area contributed by atoms with E-state index in [1.165, 1.54) is 5.56 Å². The Bertz CT molecular complexity index is 1280. The number of H-pyrrole nitrogens is 2. The van der Waals surface area contributed by atoms with Crippen LogP contribution in [0.3, 0.4) is 0 Å². The standard InChI is InChI=1S/C25H28N4O2/c1-14-15(2)26-20-7-6-17(12-19(14)20)24(31)29-11-3-9-25(13-29)10-8-18-21(25)27-22(16-4-5-16)28-23(18)30/h6-7,12,16,26H,3-5,8-11,13H2,1-2H3,(H,27,28,30). The summed E-state index contributed by atoms with van der Waals surface area (Å²) < 4.78 is 0. The second-order valence-electron chi connectivity index (χ2n) is 9.80. The number of piperidine rings is 1. The fraction of sp³-hybridized carbons (Fsp3) is 0.480. The molecule has 1 amide bonds. The summed E-state index contributed by atoms with van der Waals surface area (Å²) in [5, 5.41) is 1.11. The Hall–Kier alpha value is -2.89. The summed E-state index contributed by atoms with van der Waals surface area (Å²) in [4.78, 5) is 39.6. The Balaban J connectivity index is 1.34. The van der Waals surface area contributed by atoms with Crippen LogP contribution in [0, 0.1) is 13.8 Å². The van der Waals surface area contributed by atoms with Crippen LogP contribution in [0.25, 0.3) is 10.9 Å². The average Bonchev–Trinajstić information content (AvgIpc) is 3.52. The first-order valence-electron chi connectivity index (χ1n) is 11.5. The van der Waals surface area contributed by atoms with Crippen molar-refractivity contribution in [2.45, 2.75) is 63.7 Å². The molecule has 2 fully saturated rings. The molecule has 6 heteroatoms. The van der Waals surface area contributed by atoms with E-state index in [-0.39, 0.29) is 16.9 Å². The molecule has 160 valence electrons. The van der Waals surface area contributed by atoms with Gasteiger partial charge in [0.1, 0.15) is 5.82 Å². The second kappa shape index (κ2) is 6.55. The zero-order valence-corrected chi connectivity index (χ0v) is 18.2. The van der Waals surface area contributed by atoms with Crippen LogP contribution < -0.4 is 5.56 Å². The molecule has 1 unspecified atom stereocenters. The molecular formula is C25H28N4O2. The second-order valence-corrected chi connectivity index (χ2v) is 9.80. The number of amides is 1. The van der Waals surface area contributed by atoms with Crippen molar-refractivity contribution in [2.75, 3.05) is 13.1 Å². The van der Waals surface area contributed by atoms with Crippen molar-refractivity contribution in [3.63, 3.8) is 0 Å². The summed E-state index contributed by atoms with van der Waals surface area (Å²) in [6, 6.07) is 5.96. The lowest BCUT2D eigenvalue weighted by Crippen LogP contribution is -2.48. The molecule has 1 atom stereocenters. The van der Waals surface area contributed by atoms with E-state index >= 15 is 0 Å². The van der Waals surface area contributed by atoms with Crippen LogP contribution in [0.4, 0.5) is 0 Å². The van der Waals surface area contributed by atoms with Gasteiger partial charge in [0.05, 0.1) is 5.69 Å². The number of aryl methyl sites for hydroxylation is 2. The minimum absolute atomic E-state index is 0.0379. The highest BCUT2D eigenvalue weighted by Gasteiger charge is 2.46. The average molecular weight is 417 g/mol. The molecular weight excluding hydrogens is 388 g/mol. The van der Waals surface area contributed by atoms with Crippen LogP contribution in [0.5, 0.6) is 0 Å². The number of carbonyl (C=O) groups is 1. The fourth-order valence-electron chi connectivity index (χ4n) is 5.70. The smallest absolute Gasteiger partial charge is 0.254 e. The lowest BCUT2D eigenvalue weighted by molar-refractivity contribution is 0.0633. The summed E-state index contributed by atoms with van der Waals surface area (Å²) >= 11 is 0. The van der Waals surface area contributed by atoms with Crippen LogP contribution in [0.1, 0.15) is 76.7 Å². The van der Waals surface area contributed by atoms with Crippen molar-refractivity contribution in [1.29, 1.82) is 0 Å².